The minimum atomic E-state index is -3.70. The molecular weight excluding hydrogens is 400 g/mol. The zero-order chi connectivity index (χ0) is 19.8. The third kappa shape index (κ3) is 4.10. The molecular formula is C19H27ClN4O3S. The van der Waals surface area contributed by atoms with E-state index in [9.17, 15) is 13.2 Å². The molecule has 28 heavy (non-hydrogen) atoms. The van der Waals surface area contributed by atoms with Gasteiger partial charge in [0.2, 0.25) is 10.0 Å². The Bertz CT molecular complexity index is 928. The molecule has 2 heterocycles. The molecule has 0 saturated carbocycles. The summed E-state index contributed by atoms with van der Waals surface area (Å²) in [6.07, 6.45) is 1.50. The first-order valence-electron chi connectivity index (χ1n) is 8.89. The van der Waals surface area contributed by atoms with Crippen LogP contribution in [0.1, 0.15) is 22.0 Å². The molecule has 154 valence electrons. The highest BCUT2D eigenvalue weighted by molar-refractivity contribution is 7.89. The molecule has 1 aromatic heterocycles. The average Bonchev–Trinajstić information content (AvgIpc) is 3.26. The van der Waals surface area contributed by atoms with Crippen molar-refractivity contribution in [1.29, 1.82) is 0 Å². The Kier molecular flexibility index (Phi) is 6.93. The van der Waals surface area contributed by atoms with E-state index in [1.54, 1.807) is 25.7 Å². The minimum Gasteiger partial charge on any atom is -0.345 e. The number of hydrogen-bond donors (Lipinski definition) is 1. The van der Waals surface area contributed by atoms with Crippen molar-refractivity contribution in [3.05, 3.63) is 53.9 Å². The van der Waals surface area contributed by atoms with Crippen molar-refractivity contribution < 1.29 is 13.2 Å². The fraction of sp³-hybridized carbons (Fsp3) is 0.421. The molecule has 1 aliphatic rings. The Morgan fingerprint density at radius 1 is 1.21 bits per heavy atom. The van der Waals surface area contributed by atoms with E-state index in [2.05, 4.69) is 0 Å². The standard InChI is InChI=1S/C19H26N4O3S.ClH/c1-21(2)19(24)18-9-16(12-22(18)3)27(25,26)23-11-15(10-20)17(13-23)14-7-5-4-6-8-14;/h4-9,12,15,17H,10-11,13,20H2,1-3H3;1H/t15-,17+;/m1./s1. The van der Waals surface area contributed by atoms with Gasteiger partial charge in [-0.15, -0.1) is 12.4 Å². The number of amides is 1. The number of hydrogen-bond acceptors (Lipinski definition) is 4. The van der Waals surface area contributed by atoms with Crippen molar-refractivity contribution in [2.24, 2.45) is 18.7 Å². The quantitative estimate of drug-likeness (QED) is 0.784. The molecule has 0 spiro atoms. The summed E-state index contributed by atoms with van der Waals surface area (Å²) in [5.41, 5.74) is 7.37. The summed E-state index contributed by atoms with van der Waals surface area (Å²) in [4.78, 5) is 13.8. The average molecular weight is 427 g/mol. The summed E-state index contributed by atoms with van der Waals surface area (Å²) in [5, 5.41) is 0. The second-order valence-corrected chi connectivity index (χ2v) is 9.14. The summed E-state index contributed by atoms with van der Waals surface area (Å²) >= 11 is 0. The van der Waals surface area contributed by atoms with E-state index >= 15 is 0 Å². The maximum atomic E-state index is 13.2. The van der Waals surface area contributed by atoms with Crippen molar-refractivity contribution >= 4 is 28.3 Å². The highest BCUT2D eigenvalue weighted by atomic mass is 35.5. The van der Waals surface area contributed by atoms with Crippen LogP contribution >= 0.6 is 12.4 Å². The van der Waals surface area contributed by atoms with Crippen molar-refractivity contribution in [3.8, 4) is 0 Å². The fourth-order valence-corrected chi connectivity index (χ4v) is 5.21. The lowest BCUT2D eigenvalue weighted by Crippen LogP contribution is -2.29. The van der Waals surface area contributed by atoms with Gasteiger partial charge in [-0.05, 0) is 24.1 Å². The molecule has 1 amide bonds. The van der Waals surface area contributed by atoms with Gasteiger partial charge in [0.25, 0.3) is 5.91 Å². The molecule has 2 aromatic rings. The van der Waals surface area contributed by atoms with Gasteiger partial charge in [0, 0.05) is 46.3 Å². The largest absolute Gasteiger partial charge is 0.345 e. The van der Waals surface area contributed by atoms with Gasteiger partial charge < -0.3 is 15.2 Å². The number of benzene rings is 1. The maximum Gasteiger partial charge on any atom is 0.269 e. The Balaban J connectivity index is 0.00000280. The van der Waals surface area contributed by atoms with E-state index in [0.29, 0.717) is 25.3 Å². The number of halogens is 1. The van der Waals surface area contributed by atoms with Gasteiger partial charge in [0.1, 0.15) is 10.6 Å². The van der Waals surface area contributed by atoms with E-state index < -0.39 is 10.0 Å². The van der Waals surface area contributed by atoms with Gasteiger partial charge in [-0.25, -0.2) is 8.42 Å². The molecule has 2 N–H and O–H groups in total. The summed E-state index contributed by atoms with van der Waals surface area (Å²) < 4.78 is 29.4. The monoisotopic (exact) mass is 426 g/mol. The van der Waals surface area contributed by atoms with Crippen LogP contribution in [0, 0.1) is 5.92 Å². The molecule has 2 atom stereocenters. The van der Waals surface area contributed by atoms with Crippen molar-refractivity contribution in [1.82, 2.24) is 13.8 Å². The predicted octanol–water partition coefficient (Wildman–Crippen LogP) is 1.51. The Morgan fingerprint density at radius 3 is 2.43 bits per heavy atom. The van der Waals surface area contributed by atoms with Crippen molar-refractivity contribution in [2.75, 3.05) is 33.7 Å². The Labute approximate surface area is 172 Å². The number of carbonyl (C=O) groups is 1. The lowest BCUT2D eigenvalue weighted by Gasteiger charge is -2.16. The van der Waals surface area contributed by atoms with Crippen LogP contribution in [-0.4, -0.2) is 61.8 Å². The number of sulfonamides is 1. The number of rotatable bonds is 5. The normalized spacial score (nSPS) is 20.0. The summed E-state index contributed by atoms with van der Waals surface area (Å²) in [6.45, 7) is 1.19. The van der Waals surface area contributed by atoms with Gasteiger partial charge >= 0.3 is 0 Å². The van der Waals surface area contributed by atoms with Crippen LogP contribution in [0.25, 0.3) is 0 Å². The Morgan fingerprint density at radius 2 is 1.86 bits per heavy atom. The molecule has 1 saturated heterocycles. The van der Waals surface area contributed by atoms with Crippen LogP contribution in [0.4, 0.5) is 0 Å². The molecule has 0 unspecified atom stereocenters. The molecule has 1 aliphatic heterocycles. The molecule has 0 radical (unpaired) electrons. The number of aryl methyl sites for hydroxylation is 1. The SMILES string of the molecule is CN(C)C(=O)c1cc(S(=O)(=O)N2C[C@@H](CN)[C@H](c3ccccc3)C2)cn1C.Cl. The number of nitrogens with two attached hydrogens (primary N) is 1. The highest BCUT2D eigenvalue weighted by Crippen LogP contribution is 2.35. The highest BCUT2D eigenvalue weighted by Gasteiger charge is 2.40. The smallest absolute Gasteiger partial charge is 0.269 e. The van der Waals surface area contributed by atoms with Gasteiger partial charge in [0.05, 0.1) is 0 Å². The van der Waals surface area contributed by atoms with Crippen LogP contribution in [0.5, 0.6) is 0 Å². The molecule has 0 bridgehead atoms. The van der Waals surface area contributed by atoms with Crippen LogP contribution in [0.3, 0.4) is 0 Å². The molecule has 7 nitrogen and oxygen atoms in total. The second kappa shape index (κ2) is 8.65. The molecule has 0 aliphatic carbocycles. The first-order chi connectivity index (χ1) is 12.8. The molecule has 1 aromatic carbocycles. The van der Waals surface area contributed by atoms with E-state index in [0.717, 1.165) is 5.56 Å². The first-order valence-corrected chi connectivity index (χ1v) is 10.3. The summed E-state index contributed by atoms with van der Waals surface area (Å²) in [5.74, 6) is -0.103. The maximum absolute atomic E-state index is 13.2. The first kappa shape index (κ1) is 22.4. The van der Waals surface area contributed by atoms with E-state index in [4.69, 9.17) is 5.73 Å². The second-order valence-electron chi connectivity index (χ2n) is 7.21. The third-order valence-electron chi connectivity index (χ3n) is 5.18. The van der Waals surface area contributed by atoms with Gasteiger partial charge in [0.15, 0.2) is 0 Å². The lowest BCUT2D eigenvalue weighted by atomic mass is 9.89. The van der Waals surface area contributed by atoms with Crippen LogP contribution < -0.4 is 5.73 Å². The Hall–Kier alpha value is -1.87. The minimum absolute atomic E-state index is 0. The third-order valence-corrected chi connectivity index (χ3v) is 6.98. The number of nitrogens with zero attached hydrogens (tertiary/aromatic N) is 3. The van der Waals surface area contributed by atoms with E-state index in [-0.39, 0.29) is 35.0 Å². The zero-order valence-electron chi connectivity index (χ0n) is 16.3. The van der Waals surface area contributed by atoms with Crippen LogP contribution in [-0.2, 0) is 17.1 Å². The van der Waals surface area contributed by atoms with Gasteiger partial charge in [-0.3, -0.25) is 4.79 Å². The molecule has 1 fully saturated rings. The number of aromatic nitrogens is 1. The lowest BCUT2D eigenvalue weighted by molar-refractivity contribution is 0.0818. The number of carbonyl (C=O) groups excluding carboxylic acids is 1. The summed E-state index contributed by atoms with van der Waals surface area (Å²) in [6, 6.07) is 11.3. The fourth-order valence-electron chi connectivity index (χ4n) is 3.61. The predicted molar refractivity (Wildman–Crippen MR) is 111 cm³/mol. The van der Waals surface area contributed by atoms with Gasteiger partial charge in [-0.2, -0.15) is 4.31 Å². The van der Waals surface area contributed by atoms with Gasteiger partial charge in [-0.1, -0.05) is 30.3 Å². The van der Waals surface area contributed by atoms with E-state index in [1.807, 2.05) is 30.3 Å². The van der Waals surface area contributed by atoms with Crippen molar-refractivity contribution in [3.63, 3.8) is 0 Å². The summed E-state index contributed by atoms with van der Waals surface area (Å²) in [7, 11) is 1.26. The topological polar surface area (TPSA) is 88.6 Å². The zero-order valence-corrected chi connectivity index (χ0v) is 17.9. The van der Waals surface area contributed by atoms with E-state index in [1.165, 1.54) is 21.5 Å². The van der Waals surface area contributed by atoms with Crippen LogP contribution in [0.2, 0.25) is 0 Å². The van der Waals surface area contributed by atoms with Crippen molar-refractivity contribution in [2.45, 2.75) is 10.8 Å². The van der Waals surface area contributed by atoms with Crippen LogP contribution in [0.15, 0.2) is 47.5 Å². The molecule has 3 rings (SSSR count). The molecule has 9 heteroatoms.